The third-order valence-electron chi connectivity index (χ3n) is 3.54. The van der Waals surface area contributed by atoms with E-state index in [2.05, 4.69) is 31.5 Å². The fourth-order valence-corrected chi connectivity index (χ4v) is 3.27. The van der Waals surface area contributed by atoms with Crippen LogP contribution in [-0.2, 0) is 9.59 Å². The van der Waals surface area contributed by atoms with Crippen LogP contribution in [0.4, 0.5) is 11.4 Å². The van der Waals surface area contributed by atoms with E-state index < -0.39 is 0 Å². The molecule has 2 aromatic rings. The molecule has 0 atom stereocenters. The monoisotopic (exact) mass is 435 g/mol. The van der Waals surface area contributed by atoms with Crippen LogP contribution in [0.3, 0.4) is 0 Å². The summed E-state index contributed by atoms with van der Waals surface area (Å²) in [5, 5.41) is 5.68. The third kappa shape index (κ3) is 7.49. The van der Waals surface area contributed by atoms with Crippen molar-refractivity contribution in [2.45, 2.75) is 0 Å². The Hall–Kier alpha value is -1.99. The van der Waals surface area contributed by atoms with E-state index in [1.165, 1.54) is 11.8 Å². The molecule has 2 aromatic carbocycles. The van der Waals surface area contributed by atoms with Gasteiger partial charge < -0.3 is 15.5 Å². The van der Waals surface area contributed by atoms with E-state index in [4.69, 9.17) is 0 Å². The van der Waals surface area contributed by atoms with Gasteiger partial charge in [0.25, 0.3) is 0 Å². The second-order valence-corrected chi connectivity index (χ2v) is 7.56. The minimum absolute atomic E-state index is 0.0632. The maximum absolute atomic E-state index is 11.9. The molecular formula is C19H22BrN3O2S. The maximum Gasteiger partial charge on any atom is 0.234 e. The van der Waals surface area contributed by atoms with Crippen molar-refractivity contribution in [1.82, 2.24) is 5.32 Å². The molecule has 0 aliphatic carbocycles. The van der Waals surface area contributed by atoms with Crippen molar-refractivity contribution in [3.05, 3.63) is 59.1 Å². The molecular weight excluding hydrogens is 414 g/mol. The van der Waals surface area contributed by atoms with Gasteiger partial charge in [-0.1, -0.05) is 40.2 Å². The molecule has 0 saturated heterocycles. The highest BCUT2D eigenvalue weighted by Gasteiger charge is 2.07. The van der Waals surface area contributed by atoms with E-state index >= 15 is 0 Å². The Morgan fingerprint density at radius 3 is 2.50 bits per heavy atom. The first kappa shape index (κ1) is 20.3. The van der Waals surface area contributed by atoms with Crippen LogP contribution in [0.25, 0.3) is 0 Å². The van der Waals surface area contributed by atoms with E-state index in [1.807, 2.05) is 61.6 Å². The van der Waals surface area contributed by atoms with Crippen molar-refractivity contribution in [2.24, 2.45) is 0 Å². The molecule has 0 aromatic heterocycles. The van der Waals surface area contributed by atoms with Gasteiger partial charge in [-0.25, -0.2) is 0 Å². The summed E-state index contributed by atoms with van der Waals surface area (Å²) in [6, 6.07) is 17.4. The summed E-state index contributed by atoms with van der Waals surface area (Å²) in [5.74, 6) is 0.321. The highest BCUT2D eigenvalue weighted by atomic mass is 79.9. The average Bonchev–Trinajstić information content (AvgIpc) is 2.62. The summed E-state index contributed by atoms with van der Waals surface area (Å²) in [5.41, 5.74) is 1.85. The predicted molar refractivity (Wildman–Crippen MR) is 113 cm³/mol. The number of nitrogens with zero attached hydrogens (tertiary/aromatic N) is 1. The lowest BCUT2D eigenvalue weighted by Crippen LogP contribution is -2.34. The Labute approximate surface area is 166 Å². The SMILES string of the molecule is CN(CCNC(=O)CSCC(=O)Nc1cccc(Br)c1)c1ccccc1. The number of halogens is 1. The minimum Gasteiger partial charge on any atom is -0.373 e. The lowest BCUT2D eigenvalue weighted by molar-refractivity contribution is -0.118. The molecule has 2 amide bonds. The first-order chi connectivity index (χ1) is 12.5. The van der Waals surface area contributed by atoms with Crippen molar-refractivity contribution >= 4 is 50.9 Å². The summed E-state index contributed by atoms with van der Waals surface area (Å²) in [6.45, 7) is 1.29. The van der Waals surface area contributed by atoms with Gasteiger partial charge in [0.2, 0.25) is 11.8 Å². The number of likely N-dealkylation sites (N-methyl/N-ethyl adjacent to an activating group) is 1. The van der Waals surface area contributed by atoms with E-state index in [1.54, 1.807) is 0 Å². The zero-order chi connectivity index (χ0) is 18.8. The fourth-order valence-electron chi connectivity index (χ4n) is 2.23. The first-order valence-corrected chi connectivity index (χ1v) is 10.2. The average molecular weight is 436 g/mol. The van der Waals surface area contributed by atoms with Crippen molar-refractivity contribution in [2.75, 3.05) is 41.9 Å². The quantitative estimate of drug-likeness (QED) is 0.633. The normalized spacial score (nSPS) is 10.2. The van der Waals surface area contributed by atoms with Gasteiger partial charge in [0, 0.05) is 36.0 Å². The molecule has 0 spiro atoms. The van der Waals surface area contributed by atoms with Gasteiger partial charge in [0.15, 0.2) is 0 Å². The molecule has 0 saturated carbocycles. The number of hydrogen-bond donors (Lipinski definition) is 2. The van der Waals surface area contributed by atoms with Crippen LogP contribution in [0.2, 0.25) is 0 Å². The number of thioether (sulfide) groups is 1. The maximum atomic E-state index is 11.9. The van der Waals surface area contributed by atoms with Gasteiger partial charge in [0.05, 0.1) is 11.5 Å². The molecule has 7 heteroatoms. The molecule has 138 valence electrons. The minimum atomic E-state index is -0.121. The first-order valence-electron chi connectivity index (χ1n) is 8.20. The zero-order valence-corrected chi connectivity index (χ0v) is 17.0. The Bertz CT molecular complexity index is 728. The molecule has 0 aliphatic heterocycles. The summed E-state index contributed by atoms with van der Waals surface area (Å²) in [4.78, 5) is 25.8. The van der Waals surface area contributed by atoms with Crippen LogP contribution in [0.1, 0.15) is 0 Å². The molecule has 0 heterocycles. The molecule has 0 unspecified atom stereocenters. The summed E-state index contributed by atoms with van der Waals surface area (Å²) >= 11 is 4.66. The number of carbonyl (C=O) groups excluding carboxylic acids is 2. The number of benzene rings is 2. The lowest BCUT2D eigenvalue weighted by Gasteiger charge is -2.19. The fraction of sp³-hybridized carbons (Fsp3) is 0.263. The smallest absolute Gasteiger partial charge is 0.234 e. The van der Waals surface area contributed by atoms with Gasteiger partial charge in [0.1, 0.15) is 0 Å². The molecule has 0 radical (unpaired) electrons. The lowest BCUT2D eigenvalue weighted by atomic mass is 10.3. The van der Waals surface area contributed by atoms with Crippen molar-refractivity contribution in [3.63, 3.8) is 0 Å². The summed E-state index contributed by atoms with van der Waals surface area (Å²) in [7, 11) is 1.99. The molecule has 26 heavy (non-hydrogen) atoms. The number of rotatable bonds is 9. The Morgan fingerprint density at radius 1 is 1.04 bits per heavy atom. The molecule has 5 nitrogen and oxygen atoms in total. The highest BCUT2D eigenvalue weighted by Crippen LogP contribution is 2.16. The summed E-state index contributed by atoms with van der Waals surface area (Å²) in [6.07, 6.45) is 0. The van der Waals surface area contributed by atoms with Crippen LogP contribution < -0.4 is 15.5 Å². The number of hydrogen-bond acceptors (Lipinski definition) is 4. The molecule has 0 bridgehead atoms. The molecule has 2 N–H and O–H groups in total. The zero-order valence-electron chi connectivity index (χ0n) is 14.6. The van der Waals surface area contributed by atoms with Crippen LogP contribution >= 0.6 is 27.7 Å². The topological polar surface area (TPSA) is 61.4 Å². The molecule has 0 aliphatic rings. The number of nitrogens with one attached hydrogen (secondary N) is 2. The number of anilines is 2. The Morgan fingerprint density at radius 2 is 1.77 bits per heavy atom. The Balaban J connectivity index is 1.59. The molecule has 2 rings (SSSR count). The predicted octanol–water partition coefficient (Wildman–Crippen LogP) is 3.37. The van der Waals surface area contributed by atoms with Crippen LogP contribution in [-0.4, -0.2) is 43.5 Å². The number of amides is 2. The Kier molecular flexibility index (Phi) is 8.50. The van der Waals surface area contributed by atoms with E-state index in [-0.39, 0.29) is 23.3 Å². The van der Waals surface area contributed by atoms with Gasteiger partial charge in [-0.05, 0) is 30.3 Å². The van der Waals surface area contributed by atoms with Crippen molar-refractivity contribution < 1.29 is 9.59 Å². The van der Waals surface area contributed by atoms with E-state index in [0.717, 1.165) is 22.4 Å². The number of para-hydroxylation sites is 1. The number of carbonyl (C=O) groups is 2. The van der Waals surface area contributed by atoms with Crippen molar-refractivity contribution in [3.8, 4) is 0 Å². The second-order valence-electron chi connectivity index (χ2n) is 5.66. The largest absolute Gasteiger partial charge is 0.373 e. The van der Waals surface area contributed by atoms with E-state index in [0.29, 0.717) is 6.54 Å². The van der Waals surface area contributed by atoms with Crippen LogP contribution in [0.15, 0.2) is 59.1 Å². The van der Waals surface area contributed by atoms with Gasteiger partial charge in [-0.15, -0.1) is 11.8 Å². The van der Waals surface area contributed by atoms with Crippen LogP contribution in [0.5, 0.6) is 0 Å². The standard InChI is InChI=1S/C19H22BrN3O2S/c1-23(17-8-3-2-4-9-17)11-10-21-18(24)13-26-14-19(25)22-16-7-5-6-15(20)12-16/h2-9,12H,10-11,13-14H2,1H3,(H,21,24)(H,22,25). The van der Waals surface area contributed by atoms with Gasteiger partial charge >= 0.3 is 0 Å². The third-order valence-corrected chi connectivity index (χ3v) is 4.97. The van der Waals surface area contributed by atoms with E-state index in [9.17, 15) is 9.59 Å². The van der Waals surface area contributed by atoms with Crippen LogP contribution in [0, 0.1) is 0 Å². The van der Waals surface area contributed by atoms with Gasteiger partial charge in [-0.2, -0.15) is 0 Å². The van der Waals surface area contributed by atoms with Gasteiger partial charge in [-0.3, -0.25) is 9.59 Å². The second kappa shape index (κ2) is 10.9. The highest BCUT2D eigenvalue weighted by molar-refractivity contribution is 9.10. The summed E-state index contributed by atoms with van der Waals surface area (Å²) < 4.78 is 0.905. The van der Waals surface area contributed by atoms with Crippen molar-refractivity contribution in [1.29, 1.82) is 0 Å². The molecule has 0 fully saturated rings.